The summed E-state index contributed by atoms with van der Waals surface area (Å²) in [5, 5.41) is 10.3. The van der Waals surface area contributed by atoms with E-state index in [1.807, 2.05) is 35.2 Å². The Morgan fingerprint density at radius 1 is 1.00 bits per heavy atom. The Bertz CT molecular complexity index is 683. The fourth-order valence-electron chi connectivity index (χ4n) is 3.15. The number of nitrogens with zero attached hydrogens (tertiary/aromatic N) is 3. The lowest BCUT2D eigenvalue weighted by Gasteiger charge is -2.36. The number of aliphatic hydroxyl groups excluding tert-OH is 1. The molecule has 4 nitrogen and oxygen atoms in total. The molecule has 0 bridgehead atoms. The molecule has 1 aromatic carbocycles. The molecule has 1 aliphatic heterocycles. The van der Waals surface area contributed by atoms with Gasteiger partial charge in [0.1, 0.15) is 5.82 Å². The minimum atomic E-state index is -4.36. The monoisotopic (exact) mass is 365 g/mol. The highest BCUT2D eigenvalue weighted by molar-refractivity contribution is 5.40. The third-order valence-electron chi connectivity index (χ3n) is 4.55. The summed E-state index contributed by atoms with van der Waals surface area (Å²) >= 11 is 0. The van der Waals surface area contributed by atoms with Gasteiger partial charge in [0.15, 0.2) is 0 Å². The van der Waals surface area contributed by atoms with Crippen molar-refractivity contribution >= 4 is 5.82 Å². The first kappa shape index (κ1) is 18.7. The number of anilines is 1. The van der Waals surface area contributed by atoms with Crippen molar-refractivity contribution in [3.05, 3.63) is 59.8 Å². The number of halogens is 3. The van der Waals surface area contributed by atoms with Crippen LogP contribution in [0.25, 0.3) is 0 Å². The molecule has 140 valence electrons. The summed E-state index contributed by atoms with van der Waals surface area (Å²) in [5.41, 5.74) is 0.372. The van der Waals surface area contributed by atoms with Gasteiger partial charge in [-0.2, -0.15) is 13.2 Å². The van der Waals surface area contributed by atoms with E-state index in [1.165, 1.54) is 6.07 Å². The molecule has 2 heterocycles. The Hall–Kier alpha value is -2.12. The van der Waals surface area contributed by atoms with E-state index < -0.39 is 17.8 Å². The van der Waals surface area contributed by atoms with E-state index in [4.69, 9.17) is 0 Å². The molecule has 0 radical (unpaired) electrons. The van der Waals surface area contributed by atoms with Crippen molar-refractivity contribution in [2.45, 2.75) is 18.7 Å². The molecule has 0 amide bonds. The van der Waals surface area contributed by atoms with Crippen molar-refractivity contribution in [3.8, 4) is 0 Å². The molecule has 1 unspecified atom stereocenters. The van der Waals surface area contributed by atoms with Gasteiger partial charge in [0.05, 0.1) is 11.7 Å². The third kappa shape index (κ3) is 4.95. The molecule has 1 atom stereocenters. The minimum Gasteiger partial charge on any atom is -0.391 e. The predicted octanol–water partition coefficient (Wildman–Crippen LogP) is 2.83. The van der Waals surface area contributed by atoms with Crippen LogP contribution in [0.4, 0.5) is 19.0 Å². The second-order valence-corrected chi connectivity index (χ2v) is 6.53. The molecule has 0 aliphatic carbocycles. The molecule has 1 saturated heterocycles. The molecular weight excluding hydrogens is 343 g/mol. The zero-order valence-electron chi connectivity index (χ0n) is 14.4. The van der Waals surface area contributed by atoms with Gasteiger partial charge in [0.25, 0.3) is 0 Å². The lowest BCUT2D eigenvalue weighted by molar-refractivity contribution is -0.137. The summed E-state index contributed by atoms with van der Waals surface area (Å²) in [4.78, 5) is 8.10. The van der Waals surface area contributed by atoms with Crippen LogP contribution in [0.1, 0.15) is 11.1 Å². The van der Waals surface area contributed by atoms with Crippen LogP contribution in [-0.2, 0) is 12.6 Å². The van der Waals surface area contributed by atoms with E-state index >= 15 is 0 Å². The predicted molar refractivity (Wildman–Crippen MR) is 94.0 cm³/mol. The molecule has 0 saturated carbocycles. The van der Waals surface area contributed by atoms with Gasteiger partial charge in [-0.25, -0.2) is 4.98 Å². The zero-order chi connectivity index (χ0) is 18.6. The number of rotatable bonds is 5. The lowest BCUT2D eigenvalue weighted by Crippen LogP contribution is -2.49. The van der Waals surface area contributed by atoms with Gasteiger partial charge in [-0.3, -0.25) is 4.90 Å². The van der Waals surface area contributed by atoms with Gasteiger partial charge in [-0.1, -0.05) is 30.3 Å². The zero-order valence-corrected chi connectivity index (χ0v) is 14.4. The van der Waals surface area contributed by atoms with Gasteiger partial charge in [-0.05, 0) is 24.1 Å². The number of β-amino-alcohol motifs (C(OH)–C–C–N with tert-alkyl or cyclic N) is 1. The summed E-state index contributed by atoms with van der Waals surface area (Å²) in [5.74, 6) is 0.558. The van der Waals surface area contributed by atoms with E-state index in [2.05, 4.69) is 9.88 Å². The van der Waals surface area contributed by atoms with Crippen LogP contribution in [0.5, 0.6) is 0 Å². The fraction of sp³-hybridized carbons (Fsp3) is 0.421. The summed E-state index contributed by atoms with van der Waals surface area (Å²) in [6.45, 7) is 3.43. The number of piperazine rings is 1. The molecule has 1 N–H and O–H groups in total. The topological polar surface area (TPSA) is 39.6 Å². The summed E-state index contributed by atoms with van der Waals surface area (Å²) < 4.78 is 37.8. The average Bonchev–Trinajstić information content (AvgIpc) is 2.62. The van der Waals surface area contributed by atoms with Crippen molar-refractivity contribution in [2.75, 3.05) is 37.6 Å². The van der Waals surface area contributed by atoms with Gasteiger partial charge < -0.3 is 10.0 Å². The molecule has 1 aromatic heterocycles. The second-order valence-electron chi connectivity index (χ2n) is 6.53. The second kappa shape index (κ2) is 8.05. The summed E-state index contributed by atoms with van der Waals surface area (Å²) in [6, 6.07) is 12.3. The largest absolute Gasteiger partial charge is 0.417 e. The molecular formula is C19H22F3N3O. The van der Waals surface area contributed by atoms with Gasteiger partial charge in [-0.15, -0.1) is 0 Å². The minimum absolute atomic E-state index is 0.437. The number of alkyl halides is 3. The molecule has 26 heavy (non-hydrogen) atoms. The fourth-order valence-corrected chi connectivity index (χ4v) is 3.15. The Morgan fingerprint density at radius 2 is 1.69 bits per heavy atom. The van der Waals surface area contributed by atoms with Crippen LogP contribution in [-0.4, -0.2) is 53.8 Å². The van der Waals surface area contributed by atoms with Gasteiger partial charge >= 0.3 is 6.18 Å². The average molecular weight is 365 g/mol. The maximum absolute atomic E-state index is 12.6. The molecule has 0 spiro atoms. The van der Waals surface area contributed by atoms with Crippen LogP contribution in [0.2, 0.25) is 0 Å². The van der Waals surface area contributed by atoms with E-state index in [-0.39, 0.29) is 0 Å². The van der Waals surface area contributed by atoms with Crippen molar-refractivity contribution in [2.24, 2.45) is 0 Å². The van der Waals surface area contributed by atoms with Crippen LogP contribution in [0.3, 0.4) is 0 Å². The number of hydrogen-bond donors (Lipinski definition) is 1. The van der Waals surface area contributed by atoms with Crippen molar-refractivity contribution < 1.29 is 18.3 Å². The first-order valence-electron chi connectivity index (χ1n) is 8.64. The smallest absolute Gasteiger partial charge is 0.391 e. The number of aromatic nitrogens is 1. The maximum Gasteiger partial charge on any atom is 0.417 e. The van der Waals surface area contributed by atoms with Crippen LogP contribution in [0.15, 0.2) is 48.7 Å². The highest BCUT2D eigenvalue weighted by atomic mass is 19.4. The van der Waals surface area contributed by atoms with E-state index in [9.17, 15) is 18.3 Å². The lowest BCUT2D eigenvalue weighted by atomic mass is 10.1. The normalized spacial score (nSPS) is 17.3. The van der Waals surface area contributed by atoms with Crippen molar-refractivity contribution in [1.82, 2.24) is 9.88 Å². The standard InChI is InChI=1S/C19H22F3N3O/c20-19(21,22)16-6-7-18(23-13-16)25-10-8-24(9-11-25)14-17(26)12-15-4-2-1-3-5-15/h1-7,13,17,26H,8-12,14H2. The van der Waals surface area contributed by atoms with E-state index in [1.54, 1.807) is 0 Å². The van der Waals surface area contributed by atoms with Crippen LogP contribution in [0, 0.1) is 0 Å². The first-order chi connectivity index (χ1) is 12.4. The summed E-state index contributed by atoms with van der Waals surface area (Å²) in [7, 11) is 0. The number of benzene rings is 1. The number of pyridine rings is 1. The molecule has 2 aromatic rings. The Morgan fingerprint density at radius 3 is 2.27 bits per heavy atom. The Kier molecular flexibility index (Phi) is 5.78. The van der Waals surface area contributed by atoms with E-state index in [0.717, 1.165) is 30.9 Å². The highest BCUT2D eigenvalue weighted by Crippen LogP contribution is 2.29. The van der Waals surface area contributed by atoms with Crippen LogP contribution >= 0.6 is 0 Å². The molecule has 1 fully saturated rings. The van der Waals surface area contributed by atoms with Gasteiger partial charge in [0.2, 0.25) is 0 Å². The number of aliphatic hydroxyl groups is 1. The van der Waals surface area contributed by atoms with Crippen molar-refractivity contribution in [1.29, 1.82) is 0 Å². The molecule has 3 rings (SSSR count). The first-order valence-corrected chi connectivity index (χ1v) is 8.64. The molecule has 7 heteroatoms. The SMILES string of the molecule is OC(Cc1ccccc1)CN1CCN(c2ccc(C(F)(F)F)cn2)CC1. The highest BCUT2D eigenvalue weighted by Gasteiger charge is 2.31. The third-order valence-corrected chi connectivity index (χ3v) is 4.55. The quantitative estimate of drug-likeness (QED) is 0.885. The van der Waals surface area contributed by atoms with E-state index in [0.29, 0.717) is 31.9 Å². The summed E-state index contributed by atoms with van der Waals surface area (Å²) in [6.07, 6.45) is -3.31. The maximum atomic E-state index is 12.6. The number of hydrogen-bond acceptors (Lipinski definition) is 4. The molecule has 1 aliphatic rings. The Labute approximate surface area is 150 Å². The van der Waals surface area contributed by atoms with Crippen molar-refractivity contribution in [3.63, 3.8) is 0 Å². The van der Waals surface area contributed by atoms with Gasteiger partial charge in [0, 0.05) is 38.9 Å². The Balaban J connectivity index is 1.48. The van der Waals surface area contributed by atoms with Crippen LogP contribution < -0.4 is 4.90 Å².